The topological polar surface area (TPSA) is 35.9 Å². The second-order valence-corrected chi connectivity index (χ2v) is 7.96. The zero-order valence-electron chi connectivity index (χ0n) is 15.6. The monoisotopic (exact) mass is 350 g/mol. The van der Waals surface area contributed by atoms with Gasteiger partial charge in [0.25, 0.3) is 0 Å². The van der Waals surface area contributed by atoms with Gasteiger partial charge in [-0.15, -0.1) is 0 Å². The van der Waals surface area contributed by atoms with Gasteiger partial charge in [-0.05, 0) is 49.8 Å². The van der Waals surface area contributed by atoms with Crippen LogP contribution in [0.25, 0.3) is 0 Å². The maximum atomic E-state index is 13.5. The van der Waals surface area contributed by atoms with Gasteiger partial charge < -0.3 is 9.84 Å². The number of morpholine rings is 1. The van der Waals surface area contributed by atoms with Gasteiger partial charge in [-0.25, -0.2) is 4.39 Å². The predicted octanol–water partition coefficient (Wildman–Crippen LogP) is 2.28. The predicted molar refractivity (Wildman–Crippen MR) is 96.9 cm³/mol. The first-order valence-corrected chi connectivity index (χ1v) is 9.40. The van der Waals surface area contributed by atoms with Gasteiger partial charge in [-0.2, -0.15) is 0 Å². The highest BCUT2D eigenvalue weighted by Gasteiger charge is 2.34. The molecule has 0 aromatic heterocycles. The molecule has 1 aromatic rings. The van der Waals surface area contributed by atoms with Crippen molar-refractivity contribution in [3.05, 3.63) is 35.1 Å². The normalized spacial score (nSPS) is 31.6. The Hall–Kier alpha value is -1.01. The Morgan fingerprint density at radius 1 is 1.08 bits per heavy atom. The molecule has 5 heteroatoms. The number of likely N-dealkylation sites (tertiary alicyclic amines) is 1. The quantitative estimate of drug-likeness (QED) is 0.884. The van der Waals surface area contributed by atoms with E-state index in [1.54, 1.807) is 6.07 Å². The summed E-state index contributed by atoms with van der Waals surface area (Å²) in [6.07, 6.45) is 0.548. The second kappa shape index (κ2) is 8.12. The van der Waals surface area contributed by atoms with Crippen LogP contribution >= 0.6 is 0 Å². The molecule has 0 bridgehead atoms. The van der Waals surface area contributed by atoms with Gasteiger partial charge in [-0.3, -0.25) is 9.80 Å². The van der Waals surface area contributed by atoms with E-state index in [2.05, 4.69) is 23.6 Å². The van der Waals surface area contributed by atoms with Gasteiger partial charge in [-0.1, -0.05) is 12.1 Å². The van der Waals surface area contributed by atoms with Gasteiger partial charge in [0.2, 0.25) is 0 Å². The van der Waals surface area contributed by atoms with E-state index in [0.717, 1.165) is 44.8 Å². The first-order valence-electron chi connectivity index (χ1n) is 9.40. The van der Waals surface area contributed by atoms with E-state index >= 15 is 0 Å². The molecule has 2 saturated heterocycles. The highest BCUT2D eigenvalue weighted by Crippen LogP contribution is 2.27. The Labute approximate surface area is 150 Å². The van der Waals surface area contributed by atoms with Crippen molar-refractivity contribution in [1.82, 2.24) is 9.80 Å². The molecule has 0 saturated carbocycles. The highest BCUT2D eigenvalue weighted by molar-refractivity contribution is 5.24. The van der Waals surface area contributed by atoms with Crippen molar-refractivity contribution in [2.75, 3.05) is 39.3 Å². The fourth-order valence-electron chi connectivity index (χ4n) is 4.41. The molecule has 0 spiro atoms. The van der Waals surface area contributed by atoms with Crippen LogP contribution in [0.1, 0.15) is 25.0 Å². The molecule has 0 aliphatic carbocycles. The molecule has 0 unspecified atom stereocenters. The van der Waals surface area contributed by atoms with Crippen molar-refractivity contribution in [3.63, 3.8) is 0 Å². The third-order valence-corrected chi connectivity index (χ3v) is 5.50. The number of hydrogen-bond acceptors (Lipinski definition) is 4. The van der Waals surface area contributed by atoms with Gasteiger partial charge >= 0.3 is 0 Å². The summed E-state index contributed by atoms with van der Waals surface area (Å²) in [5.74, 6) is 0.644. The third kappa shape index (κ3) is 4.79. The smallest absolute Gasteiger partial charge is 0.126 e. The van der Waals surface area contributed by atoms with Crippen LogP contribution < -0.4 is 0 Å². The minimum atomic E-state index is -0.146. The largest absolute Gasteiger partial charge is 0.396 e. The average molecular weight is 350 g/mol. The molecule has 2 aliphatic heterocycles. The molecule has 2 heterocycles. The highest BCUT2D eigenvalue weighted by atomic mass is 19.1. The van der Waals surface area contributed by atoms with E-state index in [4.69, 9.17) is 4.74 Å². The summed E-state index contributed by atoms with van der Waals surface area (Å²) in [6, 6.07) is 5.36. The Balaban J connectivity index is 1.59. The van der Waals surface area contributed by atoms with Gasteiger partial charge in [0.15, 0.2) is 0 Å². The van der Waals surface area contributed by atoms with E-state index < -0.39 is 0 Å². The molecule has 4 nitrogen and oxygen atoms in total. The van der Waals surface area contributed by atoms with Crippen molar-refractivity contribution in [1.29, 1.82) is 0 Å². The number of aryl methyl sites for hydroxylation is 1. The number of halogens is 1. The summed E-state index contributed by atoms with van der Waals surface area (Å²) in [4.78, 5) is 4.88. The third-order valence-electron chi connectivity index (χ3n) is 5.50. The fraction of sp³-hybridized carbons (Fsp3) is 0.700. The first-order chi connectivity index (χ1) is 11.9. The summed E-state index contributed by atoms with van der Waals surface area (Å²) < 4.78 is 19.3. The van der Waals surface area contributed by atoms with Crippen LogP contribution in [0.2, 0.25) is 0 Å². The summed E-state index contributed by atoms with van der Waals surface area (Å²) in [5.41, 5.74) is 1.84. The summed E-state index contributed by atoms with van der Waals surface area (Å²) in [6.45, 7) is 12.0. The molecule has 0 amide bonds. The fourth-order valence-corrected chi connectivity index (χ4v) is 4.41. The molecule has 0 radical (unpaired) electrons. The van der Waals surface area contributed by atoms with E-state index in [1.165, 1.54) is 0 Å². The Morgan fingerprint density at radius 2 is 1.76 bits per heavy atom. The minimum Gasteiger partial charge on any atom is -0.396 e. The maximum Gasteiger partial charge on any atom is 0.126 e. The van der Waals surface area contributed by atoms with Gasteiger partial charge in [0.05, 0.1) is 12.2 Å². The van der Waals surface area contributed by atoms with Crippen molar-refractivity contribution in [2.45, 2.75) is 39.5 Å². The molecule has 2 aliphatic rings. The Morgan fingerprint density at radius 3 is 2.40 bits per heavy atom. The first kappa shape index (κ1) is 18.8. The summed E-state index contributed by atoms with van der Waals surface area (Å²) in [5, 5.41) is 9.81. The molecule has 3 rings (SSSR count). The van der Waals surface area contributed by atoms with Crippen LogP contribution in [0.5, 0.6) is 0 Å². The molecule has 1 N–H and O–H groups in total. The van der Waals surface area contributed by atoms with Crippen molar-refractivity contribution in [3.8, 4) is 0 Å². The molecule has 140 valence electrons. The number of benzene rings is 1. The summed E-state index contributed by atoms with van der Waals surface area (Å²) >= 11 is 0. The number of hydrogen-bond donors (Lipinski definition) is 1. The standard InChI is InChI=1S/C20H31FN2O2/c1-14-6-17(4-5-20(14)21)9-23-11-18(19(12-23)13-24)10-22-7-15(2)25-16(3)8-22/h4-6,15-16,18-19,24H,7-13H2,1-3H3/t15-,16+,18-,19-/m1/s1. The van der Waals surface area contributed by atoms with Crippen LogP contribution in [0, 0.1) is 24.6 Å². The van der Waals surface area contributed by atoms with Crippen LogP contribution in [0.3, 0.4) is 0 Å². The number of aliphatic hydroxyl groups is 1. The number of rotatable bonds is 5. The Bertz CT molecular complexity index is 573. The molecule has 2 fully saturated rings. The lowest BCUT2D eigenvalue weighted by Gasteiger charge is -2.37. The maximum absolute atomic E-state index is 13.5. The number of aliphatic hydroxyl groups excluding tert-OH is 1. The van der Waals surface area contributed by atoms with Crippen LogP contribution in [0.4, 0.5) is 4.39 Å². The van der Waals surface area contributed by atoms with Crippen molar-refractivity contribution >= 4 is 0 Å². The lowest BCUT2D eigenvalue weighted by Crippen LogP contribution is -2.48. The molecule has 25 heavy (non-hydrogen) atoms. The second-order valence-electron chi connectivity index (χ2n) is 7.96. The lowest BCUT2D eigenvalue weighted by atomic mass is 9.96. The lowest BCUT2D eigenvalue weighted by molar-refractivity contribution is -0.0727. The number of ether oxygens (including phenoxy) is 1. The molecular formula is C20H31FN2O2. The van der Waals surface area contributed by atoms with Gasteiger partial charge in [0, 0.05) is 45.9 Å². The van der Waals surface area contributed by atoms with E-state index in [0.29, 0.717) is 17.4 Å². The Kier molecular flexibility index (Phi) is 6.10. The summed E-state index contributed by atoms with van der Waals surface area (Å²) in [7, 11) is 0. The van der Waals surface area contributed by atoms with Crippen molar-refractivity contribution < 1.29 is 14.2 Å². The van der Waals surface area contributed by atoms with Crippen LogP contribution in [0.15, 0.2) is 18.2 Å². The molecule has 4 atom stereocenters. The van der Waals surface area contributed by atoms with E-state index in [-0.39, 0.29) is 24.6 Å². The van der Waals surface area contributed by atoms with Crippen molar-refractivity contribution in [2.24, 2.45) is 11.8 Å². The SMILES string of the molecule is Cc1cc(CN2C[C@H](CO)[C@H](CN3C[C@@H](C)O[C@@H](C)C3)C2)ccc1F. The molecule has 1 aromatic carbocycles. The van der Waals surface area contributed by atoms with Crippen LogP contribution in [-0.2, 0) is 11.3 Å². The average Bonchev–Trinajstić information content (AvgIpc) is 2.91. The van der Waals surface area contributed by atoms with Gasteiger partial charge in [0.1, 0.15) is 5.82 Å². The number of nitrogens with zero attached hydrogens (tertiary/aromatic N) is 2. The minimum absolute atomic E-state index is 0.146. The van der Waals surface area contributed by atoms with E-state index in [1.807, 2.05) is 19.1 Å². The van der Waals surface area contributed by atoms with E-state index in [9.17, 15) is 9.50 Å². The zero-order valence-corrected chi connectivity index (χ0v) is 15.6. The molecular weight excluding hydrogens is 319 g/mol. The zero-order chi connectivity index (χ0) is 18.0. The van der Waals surface area contributed by atoms with Crippen LogP contribution in [-0.4, -0.2) is 66.4 Å².